The number of hydrogen-bond donors (Lipinski definition) is 2. The maximum atomic E-state index is 11.5. The molecule has 0 radical (unpaired) electrons. The molecule has 4 unspecified atom stereocenters. The summed E-state index contributed by atoms with van der Waals surface area (Å²) in [4.78, 5) is 14.1. The van der Waals surface area contributed by atoms with Crippen LogP contribution in [0.2, 0.25) is 0 Å². The van der Waals surface area contributed by atoms with Crippen molar-refractivity contribution in [3.63, 3.8) is 0 Å². The molecule has 1 aliphatic carbocycles. The summed E-state index contributed by atoms with van der Waals surface area (Å²) < 4.78 is 0. The molecule has 0 aromatic carbocycles. The Kier molecular flexibility index (Phi) is 4.04. The van der Waals surface area contributed by atoms with Gasteiger partial charge in [0.05, 0.1) is 5.92 Å². The number of hydrogen-bond acceptors (Lipinski definition) is 3. The Hall–Kier alpha value is -0.610. The molecule has 0 aromatic rings. The molecule has 4 nitrogen and oxygen atoms in total. The molecule has 21 heavy (non-hydrogen) atoms. The lowest BCUT2D eigenvalue weighted by molar-refractivity contribution is -0.150. The van der Waals surface area contributed by atoms with Gasteiger partial charge in [0.25, 0.3) is 0 Å². The van der Waals surface area contributed by atoms with Crippen molar-refractivity contribution in [2.45, 2.75) is 58.5 Å². The summed E-state index contributed by atoms with van der Waals surface area (Å²) in [6, 6.07) is 1.10. The molecule has 3 saturated heterocycles. The molecule has 4 fully saturated rings. The van der Waals surface area contributed by atoms with Crippen LogP contribution in [0.15, 0.2) is 0 Å². The lowest BCUT2D eigenvalue weighted by Crippen LogP contribution is -2.61. The van der Waals surface area contributed by atoms with E-state index in [4.69, 9.17) is 0 Å². The molecule has 4 heteroatoms. The SMILES string of the molecule is CC1C(NC2CN3CCC2CC3)CCC(C(=O)O)C1(C)C. The summed E-state index contributed by atoms with van der Waals surface area (Å²) >= 11 is 0. The van der Waals surface area contributed by atoms with E-state index in [0.29, 0.717) is 18.0 Å². The third-order valence-corrected chi connectivity index (χ3v) is 6.82. The number of piperidine rings is 3. The van der Waals surface area contributed by atoms with Crippen molar-refractivity contribution in [3.8, 4) is 0 Å². The van der Waals surface area contributed by atoms with Gasteiger partial charge >= 0.3 is 5.97 Å². The number of rotatable bonds is 3. The van der Waals surface area contributed by atoms with E-state index in [0.717, 1.165) is 18.8 Å². The van der Waals surface area contributed by atoms with Crippen LogP contribution >= 0.6 is 0 Å². The van der Waals surface area contributed by atoms with Gasteiger partial charge in [-0.05, 0) is 56.0 Å². The Morgan fingerprint density at radius 3 is 2.33 bits per heavy atom. The van der Waals surface area contributed by atoms with Crippen molar-refractivity contribution >= 4 is 5.97 Å². The second kappa shape index (κ2) is 5.54. The predicted octanol–water partition coefficient (Wildman–Crippen LogP) is 2.20. The lowest BCUT2D eigenvalue weighted by atomic mass is 9.60. The molecule has 2 N–H and O–H groups in total. The highest BCUT2D eigenvalue weighted by Crippen LogP contribution is 2.45. The molecule has 3 aliphatic heterocycles. The molecule has 4 atom stereocenters. The van der Waals surface area contributed by atoms with Gasteiger partial charge in [0.2, 0.25) is 0 Å². The lowest BCUT2D eigenvalue weighted by Gasteiger charge is -2.51. The summed E-state index contributed by atoms with van der Waals surface area (Å²) in [6.07, 6.45) is 4.48. The quantitative estimate of drug-likeness (QED) is 0.838. The molecule has 3 heterocycles. The fraction of sp³-hybridized carbons (Fsp3) is 0.941. The van der Waals surface area contributed by atoms with Crippen molar-refractivity contribution in [2.75, 3.05) is 19.6 Å². The molecule has 2 bridgehead atoms. The highest BCUT2D eigenvalue weighted by molar-refractivity contribution is 5.71. The van der Waals surface area contributed by atoms with E-state index in [1.165, 1.54) is 32.5 Å². The minimum absolute atomic E-state index is 0.129. The summed E-state index contributed by atoms with van der Waals surface area (Å²) in [5, 5.41) is 13.4. The molecule has 0 spiro atoms. The number of aliphatic carboxylic acids is 1. The van der Waals surface area contributed by atoms with Crippen LogP contribution in [0.1, 0.15) is 46.5 Å². The van der Waals surface area contributed by atoms with Crippen molar-refractivity contribution < 1.29 is 9.90 Å². The molecule has 1 saturated carbocycles. The average molecular weight is 294 g/mol. The van der Waals surface area contributed by atoms with Crippen molar-refractivity contribution in [1.29, 1.82) is 0 Å². The topological polar surface area (TPSA) is 52.6 Å². The summed E-state index contributed by atoms with van der Waals surface area (Å²) in [6.45, 7) is 10.3. The maximum Gasteiger partial charge on any atom is 0.307 e. The van der Waals surface area contributed by atoms with Gasteiger partial charge < -0.3 is 15.3 Å². The Morgan fingerprint density at radius 1 is 1.14 bits per heavy atom. The van der Waals surface area contributed by atoms with Crippen LogP contribution in [0.5, 0.6) is 0 Å². The third-order valence-electron chi connectivity index (χ3n) is 6.82. The van der Waals surface area contributed by atoms with Crippen LogP contribution < -0.4 is 5.32 Å². The first-order valence-electron chi connectivity index (χ1n) is 8.61. The largest absolute Gasteiger partial charge is 0.481 e. The van der Waals surface area contributed by atoms with E-state index in [9.17, 15) is 9.90 Å². The maximum absolute atomic E-state index is 11.5. The fourth-order valence-corrected chi connectivity index (χ4v) is 4.90. The van der Waals surface area contributed by atoms with Crippen molar-refractivity contribution in [1.82, 2.24) is 10.2 Å². The van der Waals surface area contributed by atoms with Crippen LogP contribution in [-0.4, -0.2) is 47.7 Å². The summed E-state index contributed by atoms with van der Waals surface area (Å²) in [5.74, 6) is 0.426. The molecular formula is C17H30N2O2. The van der Waals surface area contributed by atoms with Gasteiger partial charge in [-0.1, -0.05) is 20.8 Å². The number of carboxylic acids is 1. The second-order valence-corrected chi connectivity index (χ2v) is 8.10. The number of nitrogens with zero attached hydrogens (tertiary/aromatic N) is 1. The van der Waals surface area contributed by atoms with Gasteiger partial charge in [-0.2, -0.15) is 0 Å². The van der Waals surface area contributed by atoms with Crippen LogP contribution in [-0.2, 0) is 4.79 Å². The van der Waals surface area contributed by atoms with E-state index in [-0.39, 0.29) is 11.3 Å². The summed E-state index contributed by atoms with van der Waals surface area (Å²) in [7, 11) is 0. The van der Waals surface area contributed by atoms with Gasteiger partial charge in [-0.15, -0.1) is 0 Å². The standard InChI is InChI=1S/C17H30N2O2/c1-11-14(5-4-13(16(20)21)17(11,2)3)18-15-10-19-8-6-12(15)7-9-19/h11-15,18H,4-10H2,1-3H3,(H,20,21). The van der Waals surface area contributed by atoms with Gasteiger partial charge in [-0.3, -0.25) is 4.79 Å². The second-order valence-electron chi connectivity index (χ2n) is 8.10. The zero-order valence-electron chi connectivity index (χ0n) is 13.6. The van der Waals surface area contributed by atoms with Crippen LogP contribution in [0.25, 0.3) is 0 Å². The highest BCUT2D eigenvalue weighted by Gasteiger charge is 2.47. The van der Waals surface area contributed by atoms with E-state index in [1.54, 1.807) is 0 Å². The molecular weight excluding hydrogens is 264 g/mol. The van der Waals surface area contributed by atoms with Crippen molar-refractivity contribution in [3.05, 3.63) is 0 Å². The number of carbonyl (C=O) groups is 1. The van der Waals surface area contributed by atoms with E-state index in [2.05, 4.69) is 31.0 Å². The van der Waals surface area contributed by atoms with E-state index >= 15 is 0 Å². The van der Waals surface area contributed by atoms with Crippen LogP contribution in [0.3, 0.4) is 0 Å². The smallest absolute Gasteiger partial charge is 0.307 e. The molecule has 0 aromatic heterocycles. The minimum Gasteiger partial charge on any atom is -0.481 e. The Balaban J connectivity index is 1.66. The summed E-state index contributed by atoms with van der Waals surface area (Å²) in [5.41, 5.74) is -0.129. The number of nitrogens with one attached hydrogen (secondary N) is 1. The molecule has 4 aliphatic rings. The number of carboxylic acid groups (broad SMARTS) is 1. The van der Waals surface area contributed by atoms with Gasteiger partial charge in [0, 0.05) is 18.6 Å². The van der Waals surface area contributed by atoms with Gasteiger partial charge in [0.1, 0.15) is 0 Å². The van der Waals surface area contributed by atoms with Crippen molar-refractivity contribution in [2.24, 2.45) is 23.2 Å². The molecule has 0 amide bonds. The van der Waals surface area contributed by atoms with E-state index in [1.807, 2.05) is 0 Å². The average Bonchev–Trinajstić information content (AvgIpc) is 2.45. The number of fused-ring (bicyclic) bond motifs is 3. The predicted molar refractivity (Wildman–Crippen MR) is 83.2 cm³/mol. The van der Waals surface area contributed by atoms with E-state index < -0.39 is 5.97 Å². The normalized spacial score (nSPS) is 45.5. The van der Waals surface area contributed by atoms with Gasteiger partial charge in [-0.25, -0.2) is 0 Å². The first kappa shape index (κ1) is 15.3. The first-order valence-corrected chi connectivity index (χ1v) is 8.61. The third kappa shape index (κ3) is 2.72. The molecule has 120 valence electrons. The zero-order valence-corrected chi connectivity index (χ0v) is 13.6. The Labute approximate surface area is 128 Å². The Bertz CT molecular complexity index is 402. The minimum atomic E-state index is -0.617. The Morgan fingerprint density at radius 2 is 1.81 bits per heavy atom. The monoisotopic (exact) mass is 294 g/mol. The van der Waals surface area contributed by atoms with Crippen LogP contribution in [0.4, 0.5) is 0 Å². The van der Waals surface area contributed by atoms with Crippen LogP contribution in [0, 0.1) is 23.2 Å². The zero-order chi connectivity index (χ0) is 15.2. The fourth-order valence-electron chi connectivity index (χ4n) is 4.90. The highest BCUT2D eigenvalue weighted by atomic mass is 16.4. The molecule has 4 rings (SSSR count). The van der Waals surface area contributed by atoms with Gasteiger partial charge in [0.15, 0.2) is 0 Å². The first-order chi connectivity index (χ1) is 9.89.